The lowest BCUT2D eigenvalue weighted by atomic mass is 9.49. The highest BCUT2D eigenvalue weighted by Crippen LogP contribution is 2.60. The summed E-state index contributed by atoms with van der Waals surface area (Å²) in [6.07, 6.45) is 6.95. The summed E-state index contributed by atoms with van der Waals surface area (Å²) < 4.78 is 5.12. The summed E-state index contributed by atoms with van der Waals surface area (Å²) in [6.45, 7) is 1.76. The molecule has 1 aromatic rings. The van der Waals surface area contributed by atoms with E-state index in [0.29, 0.717) is 5.69 Å². The van der Waals surface area contributed by atoms with Crippen molar-refractivity contribution >= 4 is 17.5 Å². The Balaban J connectivity index is 1.37. The van der Waals surface area contributed by atoms with Crippen molar-refractivity contribution in [2.45, 2.75) is 51.5 Å². The highest BCUT2D eigenvalue weighted by molar-refractivity contribution is 5.97. The fourth-order valence-corrected chi connectivity index (χ4v) is 5.73. The summed E-state index contributed by atoms with van der Waals surface area (Å²) in [5.41, 5.74) is 0.482. The molecule has 4 aliphatic carbocycles. The monoisotopic (exact) mass is 356 g/mol. The molecular formula is C21H28N2O3. The summed E-state index contributed by atoms with van der Waals surface area (Å²) in [6, 6.07) is 6.65. The fraction of sp³-hybridized carbons (Fsp3) is 0.619. The van der Waals surface area contributed by atoms with Gasteiger partial charge >= 0.3 is 0 Å². The zero-order valence-electron chi connectivity index (χ0n) is 15.6. The maximum atomic E-state index is 13.0. The second-order valence-corrected chi connectivity index (χ2v) is 8.61. The zero-order chi connectivity index (χ0) is 18.3. The second kappa shape index (κ2) is 6.60. The van der Waals surface area contributed by atoms with Crippen molar-refractivity contribution in [1.29, 1.82) is 0 Å². The Morgan fingerprint density at radius 2 is 1.58 bits per heavy atom. The van der Waals surface area contributed by atoms with Crippen LogP contribution < -0.4 is 15.4 Å². The average Bonchev–Trinajstić information content (AvgIpc) is 2.61. The molecule has 26 heavy (non-hydrogen) atoms. The Hall–Kier alpha value is -2.04. The number of nitrogens with one attached hydrogen (secondary N) is 2. The van der Waals surface area contributed by atoms with Crippen LogP contribution in [0, 0.1) is 23.2 Å². The smallest absolute Gasteiger partial charge is 0.246 e. The molecule has 4 saturated carbocycles. The Morgan fingerprint density at radius 1 is 1.04 bits per heavy atom. The third-order valence-electron chi connectivity index (χ3n) is 6.62. The van der Waals surface area contributed by atoms with E-state index in [4.69, 9.17) is 4.74 Å². The van der Waals surface area contributed by atoms with Gasteiger partial charge in [0.25, 0.3) is 0 Å². The van der Waals surface area contributed by atoms with Gasteiger partial charge in [-0.25, -0.2) is 0 Å². The molecule has 5 heteroatoms. The van der Waals surface area contributed by atoms with Gasteiger partial charge in [-0.1, -0.05) is 0 Å². The van der Waals surface area contributed by atoms with Crippen molar-refractivity contribution in [2.75, 3.05) is 12.4 Å². The first-order valence-electron chi connectivity index (χ1n) is 9.73. The number of rotatable bonds is 5. The van der Waals surface area contributed by atoms with Crippen LogP contribution in [0.5, 0.6) is 5.75 Å². The number of carbonyl (C=O) groups excluding carboxylic acids is 2. The van der Waals surface area contributed by atoms with Crippen LogP contribution in [0.25, 0.3) is 0 Å². The number of ether oxygens (including phenoxy) is 1. The first kappa shape index (κ1) is 17.4. The van der Waals surface area contributed by atoms with Gasteiger partial charge in [-0.3, -0.25) is 9.59 Å². The van der Waals surface area contributed by atoms with Gasteiger partial charge in [0, 0.05) is 11.1 Å². The zero-order valence-corrected chi connectivity index (χ0v) is 15.6. The third-order valence-corrected chi connectivity index (χ3v) is 6.62. The number of hydrogen-bond donors (Lipinski definition) is 2. The molecule has 1 aromatic carbocycles. The van der Waals surface area contributed by atoms with Crippen LogP contribution in [-0.2, 0) is 9.59 Å². The lowest BCUT2D eigenvalue weighted by Crippen LogP contribution is -2.56. The van der Waals surface area contributed by atoms with Crippen LogP contribution >= 0.6 is 0 Å². The molecule has 5 rings (SSSR count). The molecule has 0 aliphatic heterocycles. The van der Waals surface area contributed by atoms with Gasteiger partial charge in [0.15, 0.2) is 0 Å². The molecule has 2 N–H and O–H groups in total. The van der Waals surface area contributed by atoms with Crippen molar-refractivity contribution in [1.82, 2.24) is 5.32 Å². The Bertz CT molecular complexity index is 662. The molecule has 4 fully saturated rings. The average molecular weight is 356 g/mol. The van der Waals surface area contributed by atoms with Crippen molar-refractivity contribution in [3.8, 4) is 5.75 Å². The maximum absolute atomic E-state index is 13.0. The highest BCUT2D eigenvalue weighted by Gasteiger charge is 2.54. The first-order chi connectivity index (χ1) is 12.5. The van der Waals surface area contributed by atoms with Crippen molar-refractivity contribution < 1.29 is 14.3 Å². The lowest BCUT2D eigenvalue weighted by molar-refractivity contribution is -0.147. The molecule has 0 heterocycles. The molecule has 5 nitrogen and oxygen atoms in total. The van der Waals surface area contributed by atoms with Crippen molar-refractivity contribution in [3.05, 3.63) is 24.3 Å². The SMILES string of the molecule is COc1ccc(NC(=O)[C@H](C)NC(=O)C23CC4CC(CC(C4)C2)C3)cc1. The van der Waals surface area contributed by atoms with Crippen LogP contribution in [0.15, 0.2) is 24.3 Å². The van der Waals surface area contributed by atoms with E-state index >= 15 is 0 Å². The normalized spacial score (nSPS) is 32.8. The minimum absolute atomic E-state index is 0.0916. The highest BCUT2D eigenvalue weighted by atomic mass is 16.5. The molecule has 0 saturated heterocycles. The molecule has 4 bridgehead atoms. The summed E-state index contributed by atoms with van der Waals surface area (Å²) in [5.74, 6) is 2.80. The van der Waals surface area contributed by atoms with Crippen molar-refractivity contribution in [2.24, 2.45) is 23.2 Å². The summed E-state index contributed by atoms with van der Waals surface area (Å²) >= 11 is 0. The predicted octanol–water partition coefficient (Wildman–Crippen LogP) is 3.35. The Labute approximate surface area is 154 Å². The van der Waals surface area contributed by atoms with Crippen LogP contribution in [-0.4, -0.2) is 25.0 Å². The lowest BCUT2D eigenvalue weighted by Gasteiger charge is -2.55. The number of methoxy groups -OCH3 is 1. The number of carbonyl (C=O) groups is 2. The topological polar surface area (TPSA) is 67.4 Å². The van der Waals surface area contributed by atoms with Gasteiger partial charge in [0.2, 0.25) is 11.8 Å². The van der Waals surface area contributed by atoms with Gasteiger partial charge in [-0.2, -0.15) is 0 Å². The van der Waals surface area contributed by atoms with Gasteiger partial charge < -0.3 is 15.4 Å². The number of amides is 2. The van der Waals surface area contributed by atoms with Crippen LogP contribution in [0.4, 0.5) is 5.69 Å². The van der Waals surface area contributed by atoms with E-state index in [1.165, 1.54) is 19.3 Å². The maximum Gasteiger partial charge on any atom is 0.246 e. The molecule has 140 valence electrons. The molecule has 0 spiro atoms. The van der Waals surface area contributed by atoms with Crippen LogP contribution in [0.2, 0.25) is 0 Å². The number of anilines is 1. The minimum atomic E-state index is -0.544. The van der Waals surface area contributed by atoms with Gasteiger partial charge in [-0.05, 0) is 87.5 Å². The van der Waals surface area contributed by atoms with E-state index < -0.39 is 6.04 Å². The van der Waals surface area contributed by atoms with Crippen LogP contribution in [0.3, 0.4) is 0 Å². The predicted molar refractivity (Wildman–Crippen MR) is 99.8 cm³/mol. The van der Waals surface area contributed by atoms with E-state index in [0.717, 1.165) is 42.8 Å². The number of benzene rings is 1. The molecule has 0 unspecified atom stereocenters. The van der Waals surface area contributed by atoms with Crippen molar-refractivity contribution in [3.63, 3.8) is 0 Å². The van der Waals surface area contributed by atoms with Gasteiger partial charge in [0.05, 0.1) is 7.11 Å². The molecule has 4 aliphatic rings. The molecular weight excluding hydrogens is 328 g/mol. The van der Waals surface area contributed by atoms with Crippen LogP contribution in [0.1, 0.15) is 45.4 Å². The van der Waals surface area contributed by atoms with E-state index in [2.05, 4.69) is 10.6 Å². The Kier molecular flexibility index (Phi) is 4.41. The third kappa shape index (κ3) is 3.19. The quantitative estimate of drug-likeness (QED) is 0.850. The van der Waals surface area contributed by atoms with E-state index in [-0.39, 0.29) is 17.2 Å². The second-order valence-electron chi connectivity index (χ2n) is 8.61. The summed E-state index contributed by atoms with van der Waals surface area (Å²) in [4.78, 5) is 25.5. The minimum Gasteiger partial charge on any atom is -0.497 e. The Morgan fingerprint density at radius 3 is 2.08 bits per heavy atom. The van der Waals surface area contributed by atoms with E-state index in [1.54, 1.807) is 38.3 Å². The standard InChI is InChI=1S/C21H28N2O3/c1-13(19(24)23-17-3-5-18(26-2)6-4-17)22-20(25)21-10-14-7-15(11-21)9-16(8-14)12-21/h3-6,13-16H,7-12H2,1-2H3,(H,22,25)(H,23,24)/t13-,14?,15?,16?,21?/m0/s1. The summed E-state index contributed by atoms with van der Waals surface area (Å²) in [7, 11) is 1.61. The number of hydrogen-bond acceptors (Lipinski definition) is 3. The summed E-state index contributed by atoms with van der Waals surface area (Å²) in [5, 5.41) is 5.87. The van der Waals surface area contributed by atoms with E-state index in [9.17, 15) is 9.59 Å². The first-order valence-corrected chi connectivity index (χ1v) is 9.73. The molecule has 0 aromatic heterocycles. The largest absolute Gasteiger partial charge is 0.497 e. The molecule has 1 atom stereocenters. The molecule has 2 amide bonds. The van der Waals surface area contributed by atoms with E-state index in [1.807, 2.05) is 0 Å². The van der Waals surface area contributed by atoms with Gasteiger partial charge in [0.1, 0.15) is 11.8 Å². The fourth-order valence-electron chi connectivity index (χ4n) is 5.73. The molecule has 0 radical (unpaired) electrons. The van der Waals surface area contributed by atoms with Gasteiger partial charge in [-0.15, -0.1) is 0 Å².